The number of rotatable bonds is 2. The summed E-state index contributed by atoms with van der Waals surface area (Å²) in [5, 5.41) is 9.51. The molecule has 15 heavy (non-hydrogen) atoms. The van der Waals surface area contributed by atoms with Gasteiger partial charge in [0.2, 0.25) is 5.76 Å². The first-order valence-corrected chi connectivity index (χ1v) is 4.34. The van der Waals surface area contributed by atoms with Crippen molar-refractivity contribution in [2.75, 3.05) is 14.2 Å². The molecule has 4 nitrogen and oxygen atoms in total. The Morgan fingerprint density at radius 3 is 2.60 bits per heavy atom. The lowest BCUT2D eigenvalue weighted by atomic mass is 10.2. The number of furan rings is 1. The maximum Gasteiger partial charge on any atom is 0.205 e. The summed E-state index contributed by atoms with van der Waals surface area (Å²) >= 11 is 0. The molecule has 0 spiro atoms. The van der Waals surface area contributed by atoms with Gasteiger partial charge in [-0.05, 0) is 6.07 Å². The Morgan fingerprint density at radius 2 is 2.00 bits per heavy atom. The van der Waals surface area contributed by atoms with Crippen LogP contribution in [0.3, 0.4) is 0 Å². The normalized spacial score (nSPS) is 9.93. The van der Waals surface area contributed by atoms with E-state index in [-0.39, 0.29) is 5.76 Å². The van der Waals surface area contributed by atoms with Crippen LogP contribution < -0.4 is 9.47 Å². The Hall–Kier alpha value is -2.15. The van der Waals surface area contributed by atoms with Crippen molar-refractivity contribution in [1.29, 1.82) is 5.26 Å². The highest BCUT2D eigenvalue weighted by Crippen LogP contribution is 2.33. The SMILES string of the molecule is COc1cc(OC)c2oc(C#N)cc2c1. The molecule has 0 aliphatic rings. The molecule has 1 aromatic carbocycles. The highest BCUT2D eigenvalue weighted by atomic mass is 16.5. The number of methoxy groups -OCH3 is 2. The minimum atomic E-state index is 0.261. The molecule has 0 amide bonds. The highest BCUT2D eigenvalue weighted by molar-refractivity contribution is 5.86. The van der Waals surface area contributed by atoms with Gasteiger partial charge in [-0.2, -0.15) is 5.26 Å². The molecule has 0 N–H and O–H groups in total. The minimum absolute atomic E-state index is 0.261. The van der Waals surface area contributed by atoms with E-state index >= 15 is 0 Å². The van der Waals surface area contributed by atoms with Gasteiger partial charge < -0.3 is 13.9 Å². The number of hydrogen-bond acceptors (Lipinski definition) is 4. The van der Waals surface area contributed by atoms with E-state index in [1.54, 1.807) is 32.4 Å². The molecule has 2 rings (SSSR count). The first-order chi connectivity index (χ1) is 7.28. The van der Waals surface area contributed by atoms with Crippen LogP contribution in [-0.2, 0) is 0 Å². The van der Waals surface area contributed by atoms with Gasteiger partial charge in [0, 0.05) is 17.5 Å². The average Bonchev–Trinajstić information content (AvgIpc) is 2.70. The van der Waals surface area contributed by atoms with Crippen LogP contribution >= 0.6 is 0 Å². The van der Waals surface area contributed by atoms with Crippen LogP contribution in [-0.4, -0.2) is 14.2 Å². The van der Waals surface area contributed by atoms with E-state index in [9.17, 15) is 0 Å². The molecule has 0 radical (unpaired) electrons. The average molecular weight is 203 g/mol. The molecule has 0 aliphatic heterocycles. The first-order valence-electron chi connectivity index (χ1n) is 4.34. The number of ether oxygens (including phenoxy) is 2. The molecule has 0 bridgehead atoms. The minimum Gasteiger partial charge on any atom is -0.497 e. The Balaban J connectivity index is 2.73. The zero-order valence-corrected chi connectivity index (χ0v) is 8.40. The highest BCUT2D eigenvalue weighted by Gasteiger charge is 2.10. The predicted molar refractivity (Wildman–Crippen MR) is 54.0 cm³/mol. The Bertz CT molecular complexity index is 536. The van der Waals surface area contributed by atoms with Gasteiger partial charge in [0.05, 0.1) is 14.2 Å². The fourth-order valence-electron chi connectivity index (χ4n) is 1.42. The summed E-state index contributed by atoms with van der Waals surface area (Å²) in [5.41, 5.74) is 0.565. The molecule has 0 unspecified atom stereocenters. The van der Waals surface area contributed by atoms with Crippen molar-refractivity contribution in [1.82, 2.24) is 0 Å². The van der Waals surface area contributed by atoms with Gasteiger partial charge in [-0.25, -0.2) is 0 Å². The molecule has 0 atom stereocenters. The molecule has 1 aromatic heterocycles. The van der Waals surface area contributed by atoms with Crippen molar-refractivity contribution in [3.05, 3.63) is 24.0 Å². The Kier molecular flexibility index (Phi) is 2.22. The third-order valence-corrected chi connectivity index (χ3v) is 2.12. The van der Waals surface area contributed by atoms with Crippen molar-refractivity contribution >= 4 is 11.0 Å². The number of nitriles is 1. The molecule has 1 heterocycles. The first kappa shape index (κ1) is 9.41. The van der Waals surface area contributed by atoms with E-state index in [1.165, 1.54) is 0 Å². The van der Waals surface area contributed by atoms with Gasteiger partial charge in [0.1, 0.15) is 11.8 Å². The van der Waals surface area contributed by atoms with Crippen molar-refractivity contribution < 1.29 is 13.9 Å². The lowest BCUT2D eigenvalue weighted by molar-refractivity contribution is 0.392. The van der Waals surface area contributed by atoms with Crippen molar-refractivity contribution in [3.8, 4) is 17.6 Å². The van der Waals surface area contributed by atoms with Gasteiger partial charge in [0.15, 0.2) is 11.3 Å². The zero-order chi connectivity index (χ0) is 10.8. The summed E-state index contributed by atoms with van der Waals surface area (Å²) in [6, 6.07) is 7.10. The van der Waals surface area contributed by atoms with E-state index < -0.39 is 0 Å². The van der Waals surface area contributed by atoms with Crippen molar-refractivity contribution in [2.24, 2.45) is 0 Å². The van der Waals surface area contributed by atoms with E-state index in [4.69, 9.17) is 19.2 Å². The Morgan fingerprint density at radius 1 is 1.20 bits per heavy atom. The maximum atomic E-state index is 8.71. The fourth-order valence-corrected chi connectivity index (χ4v) is 1.42. The fraction of sp³-hybridized carbons (Fsp3) is 0.182. The summed E-state index contributed by atoms with van der Waals surface area (Å²) in [6.07, 6.45) is 0. The standard InChI is InChI=1S/C11H9NO3/c1-13-8-3-7-4-9(6-12)15-11(7)10(5-8)14-2/h3-5H,1-2H3. The molecule has 2 aromatic rings. The van der Waals surface area contributed by atoms with Crippen LogP contribution in [0.25, 0.3) is 11.0 Å². The van der Waals surface area contributed by atoms with Crippen LogP contribution in [0, 0.1) is 11.3 Å². The predicted octanol–water partition coefficient (Wildman–Crippen LogP) is 2.32. The van der Waals surface area contributed by atoms with Crippen LogP contribution in [0.15, 0.2) is 22.6 Å². The van der Waals surface area contributed by atoms with E-state index in [2.05, 4.69) is 0 Å². The van der Waals surface area contributed by atoms with Crippen LogP contribution in [0.5, 0.6) is 11.5 Å². The van der Waals surface area contributed by atoms with Gasteiger partial charge >= 0.3 is 0 Å². The monoisotopic (exact) mass is 203 g/mol. The van der Waals surface area contributed by atoms with Crippen molar-refractivity contribution in [3.63, 3.8) is 0 Å². The van der Waals surface area contributed by atoms with E-state index in [0.29, 0.717) is 17.1 Å². The lowest BCUT2D eigenvalue weighted by Crippen LogP contribution is -1.86. The molecular formula is C11H9NO3. The molecular weight excluding hydrogens is 194 g/mol. The number of fused-ring (bicyclic) bond motifs is 1. The molecule has 0 fully saturated rings. The lowest BCUT2D eigenvalue weighted by Gasteiger charge is -2.03. The quantitative estimate of drug-likeness (QED) is 0.751. The molecule has 4 heteroatoms. The number of nitrogens with zero attached hydrogens (tertiary/aromatic N) is 1. The largest absolute Gasteiger partial charge is 0.497 e. The second kappa shape index (κ2) is 3.54. The summed E-state index contributed by atoms with van der Waals surface area (Å²) < 4.78 is 15.5. The third kappa shape index (κ3) is 1.48. The summed E-state index contributed by atoms with van der Waals surface area (Å²) in [6.45, 7) is 0. The molecule has 0 saturated heterocycles. The van der Waals surface area contributed by atoms with Gasteiger partial charge in [-0.3, -0.25) is 0 Å². The molecule has 0 saturated carbocycles. The zero-order valence-electron chi connectivity index (χ0n) is 8.40. The topological polar surface area (TPSA) is 55.4 Å². The van der Waals surface area contributed by atoms with Crippen LogP contribution in [0.2, 0.25) is 0 Å². The smallest absolute Gasteiger partial charge is 0.205 e. The van der Waals surface area contributed by atoms with Crippen LogP contribution in [0.1, 0.15) is 5.76 Å². The number of benzene rings is 1. The Labute approximate surface area is 86.6 Å². The van der Waals surface area contributed by atoms with E-state index in [0.717, 1.165) is 5.39 Å². The maximum absolute atomic E-state index is 8.71. The van der Waals surface area contributed by atoms with Gasteiger partial charge in [-0.15, -0.1) is 0 Å². The van der Waals surface area contributed by atoms with Crippen molar-refractivity contribution in [2.45, 2.75) is 0 Å². The van der Waals surface area contributed by atoms with Gasteiger partial charge in [0.25, 0.3) is 0 Å². The summed E-state index contributed by atoms with van der Waals surface area (Å²) in [4.78, 5) is 0. The van der Waals surface area contributed by atoms with E-state index in [1.807, 2.05) is 6.07 Å². The molecule has 76 valence electrons. The second-order valence-corrected chi connectivity index (χ2v) is 2.97. The third-order valence-electron chi connectivity index (χ3n) is 2.12. The number of hydrogen-bond donors (Lipinski definition) is 0. The summed E-state index contributed by atoms with van der Waals surface area (Å²) in [7, 11) is 3.12. The van der Waals surface area contributed by atoms with Gasteiger partial charge in [-0.1, -0.05) is 0 Å². The summed E-state index contributed by atoms with van der Waals surface area (Å²) in [5.74, 6) is 1.49. The van der Waals surface area contributed by atoms with Crippen LogP contribution in [0.4, 0.5) is 0 Å². The second-order valence-electron chi connectivity index (χ2n) is 2.97. The molecule has 0 aliphatic carbocycles.